The average molecular weight is 292 g/mol. The molecule has 0 aliphatic heterocycles. The van der Waals surface area contributed by atoms with Gasteiger partial charge in [0.2, 0.25) is 5.91 Å². The molecule has 6 heteroatoms. The zero-order valence-corrected chi connectivity index (χ0v) is 12.2. The van der Waals surface area contributed by atoms with E-state index in [1.807, 2.05) is 31.2 Å². The molecule has 20 heavy (non-hydrogen) atoms. The van der Waals surface area contributed by atoms with Gasteiger partial charge in [0.1, 0.15) is 11.5 Å². The molecule has 0 spiro atoms. The number of nitrogens with zero attached hydrogens (tertiary/aromatic N) is 1. The van der Waals surface area contributed by atoms with Crippen molar-refractivity contribution in [1.29, 1.82) is 0 Å². The zero-order valence-electron chi connectivity index (χ0n) is 11.4. The summed E-state index contributed by atoms with van der Waals surface area (Å²) in [6.45, 7) is 3.74. The van der Waals surface area contributed by atoms with Gasteiger partial charge in [0, 0.05) is 22.6 Å². The molecule has 1 N–H and O–H groups in total. The summed E-state index contributed by atoms with van der Waals surface area (Å²) in [6, 6.07) is 9.17. The number of hydrogen-bond acceptors (Lipinski definition) is 4. The summed E-state index contributed by atoms with van der Waals surface area (Å²) in [5, 5.41) is 6.47. The summed E-state index contributed by atoms with van der Waals surface area (Å²) in [5.74, 6) is 0.562. The van der Waals surface area contributed by atoms with E-state index in [9.17, 15) is 9.00 Å². The number of carbonyl (C=O) groups excluding carboxylic acids is 1. The van der Waals surface area contributed by atoms with Gasteiger partial charge in [-0.1, -0.05) is 22.9 Å². The van der Waals surface area contributed by atoms with Crippen LogP contribution in [0.25, 0.3) is 0 Å². The van der Waals surface area contributed by atoms with Crippen LogP contribution in [-0.4, -0.2) is 21.0 Å². The SMILES string of the molecule is Cc1ccc(NC(=O)C[S@@](=O)Cc2cc(C)on2)cc1. The molecule has 106 valence electrons. The quantitative estimate of drug-likeness (QED) is 0.916. The minimum atomic E-state index is -1.30. The lowest BCUT2D eigenvalue weighted by Crippen LogP contribution is -2.20. The molecule has 2 aromatic rings. The highest BCUT2D eigenvalue weighted by molar-refractivity contribution is 7.84. The molecule has 0 fully saturated rings. The van der Waals surface area contributed by atoms with Crippen LogP contribution in [0.4, 0.5) is 5.69 Å². The second kappa shape index (κ2) is 6.47. The highest BCUT2D eigenvalue weighted by Crippen LogP contribution is 2.09. The second-order valence-electron chi connectivity index (χ2n) is 4.57. The third-order valence-electron chi connectivity index (χ3n) is 2.61. The van der Waals surface area contributed by atoms with Gasteiger partial charge in [-0.05, 0) is 26.0 Å². The number of hydrogen-bond donors (Lipinski definition) is 1. The fourth-order valence-corrected chi connectivity index (χ4v) is 2.61. The van der Waals surface area contributed by atoms with E-state index in [0.29, 0.717) is 17.1 Å². The molecule has 1 aromatic heterocycles. The predicted molar refractivity (Wildman–Crippen MR) is 77.8 cm³/mol. The monoisotopic (exact) mass is 292 g/mol. The fourth-order valence-electron chi connectivity index (χ4n) is 1.68. The van der Waals surface area contributed by atoms with Crippen LogP contribution < -0.4 is 5.32 Å². The average Bonchev–Trinajstić information content (AvgIpc) is 2.77. The number of amides is 1. The normalized spacial score (nSPS) is 12.1. The molecule has 1 amide bonds. The minimum absolute atomic E-state index is 0.0558. The van der Waals surface area contributed by atoms with Crippen molar-refractivity contribution in [2.45, 2.75) is 19.6 Å². The highest BCUT2D eigenvalue weighted by Gasteiger charge is 2.11. The van der Waals surface area contributed by atoms with Gasteiger partial charge in [0.05, 0.1) is 11.4 Å². The van der Waals surface area contributed by atoms with Crippen molar-refractivity contribution in [2.75, 3.05) is 11.1 Å². The topological polar surface area (TPSA) is 72.2 Å². The van der Waals surface area contributed by atoms with Gasteiger partial charge < -0.3 is 9.84 Å². The van der Waals surface area contributed by atoms with Crippen molar-refractivity contribution < 1.29 is 13.5 Å². The van der Waals surface area contributed by atoms with Crippen LogP contribution in [0.5, 0.6) is 0 Å². The number of benzene rings is 1. The Bertz CT molecular complexity index is 620. The van der Waals surface area contributed by atoms with Gasteiger partial charge in [-0.25, -0.2) is 0 Å². The minimum Gasteiger partial charge on any atom is -0.361 e. The van der Waals surface area contributed by atoms with Crippen LogP contribution in [0.2, 0.25) is 0 Å². The lowest BCUT2D eigenvalue weighted by molar-refractivity contribution is -0.113. The summed E-state index contributed by atoms with van der Waals surface area (Å²) < 4.78 is 16.7. The number of aryl methyl sites for hydroxylation is 2. The second-order valence-corrected chi connectivity index (χ2v) is 6.03. The molecule has 2 rings (SSSR count). The Morgan fingerprint density at radius 1 is 1.30 bits per heavy atom. The molecule has 0 saturated heterocycles. The molecule has 1 aromatic carbocycles. The van der Waals surface area contributed by atoms with Crippen LogP contribution in [0, 0.1) is 13.8 Å². The summed E-state index contributed by atoms with van der Waals surface area (Å²) in [5.41, 5.74) is 2.42. The van der Waals surface area contributed by atoms with E-state index < -0.39 is 10.8 Å². The fraction of sp³-hybridized carbons (Fsp3) is 0.286. The van der Waals surface area contributed by atoms with Gasteiger partial charge in [0.15, 0.2) is 0 Å². The Hall–Kier alpha value is -1.95. The van der Waals surface area contributed by atoms with Gasteiger partial charge in [-0.2, -0.15) is 0 Å². The van der Waals surface area contributed by atoms with Crippen LogP contribution in [-0.2, 0) is 21.3 Å². The van der Waals surface area contributed by atoms with E-state index in [4.69, 9.17) is 4.52 Å². The number of aromatic nitrogens is 1. The van der Waals surface area contributed by atoms with Crippen LogP contribution in [0.15, 0.2) is 34.9 Å². The maximum Gasteiger partial charge on any atom is 0.237 e. The number of anilines is 1. The first-order chi connectivity index (χ1) is 9.52. The smallest absolute Gasteiger partial charge is 0.237 e. The molecule has 1 atom stereocenters. The molecule has 0 bridgehead atoms. The van der Waals surface area contributed by atoms with Crippen molar-refractivity contribution >= 4 is 22.4 Å². The summed E-state index contributed by atoms with van der Waals surface area (Å²) in [4.78, 5) is 11.8. The van der Waals surface area contributed by atoms with Crippen molar-refractivity contribution in [1.82, 2.24) is 5.16 Å². The maximum atomic E-state index is 11.8. The Labute approximate surface area is 119 Å². The molecule has 0 unspecified atom stereocenters. The van der Waals surface area contributed by atoms with E-state index in [2.05, 4.69) is 10.5 Å². The number of nitrogens with one attached hydrogen (secondary N) is 1. The van der Waals surface area contributed by atoms with Gasteiger partial charge >= 0.3 is 0 Å². The zero-order chi connectivity index (χ0) is 14.5. The molecular formula is C14H16N2O3S. The molecule has 5 nitrogen and oxygen atoms in total. The molecule has 0 aliphatic carbocycles. The van der Waals surface area contributed by atoms with Crippen LogP contribution >= 0.6 is 0 Å². The summed E-state index contributed by atoms with van der Waals surface area (Å²) in [6.07, 6.45) is 0. The third-order valence-corrected chi connectivity index (χ3v) is 3.81. The first kappa shape index (κ1) is 14.5. The predicted octanol–water partition coefficient (Wildman–Crippen LogP) is 2.18. The number of carbonyl (C=O) groups is 1. The lowest BCUT2D eigenvalue weighted by Gasteiger charge is -2.05. The first-order valence-corrected chi connectivity index (χ1v) is 7.65. The molecule has 0 aliphatic rings. The molecular weight excluding hydrogens is 276 g/mol. The third kappa shape index (κ3) is 4.31. The lowest BCUT2D eigenvalue weighted by atomic mass is 10.2. The highest BCUT2D eigenvalue weighted by atomic mass is 32.2. The summed E-state index contributed by atoms with van der Waals surface area (Å²) >= 11 is 0. The van der Waals surface area contributed by atoms with E-state index >= 15 is 0 Å². The van der Waals surface area contributed by atoms with Crippen molar-refractivity contribution in [2.24, 2.45) is 0 Å². The molecule has 0 radical (unpaired) electrons. The van der Waals surface area contributed by atoms with Crippen molar-refractivity contribution in [3.63, 3.8) is 0 Å². The Morgan fingerprint density at radius 2 is 2.00 bits per heavy atom. The van der Waals surface area contributed by atoms with Gasteiger partial charge in [-0.3, -0.25) is 9.00 Å². The largest absolute Gasteiger partial charge is 0.361 e. The van der Waals surface area contributed by atoms with E-state index in [1.54, 1.807) is 13.0 Å². The Morgan fingerprint density at radius 3 is 2.60 bits per heavy atom. The standard InChI is InChI=1S/C14H16N2O3S/c1-10-3-5-12(6-4-10)15-14(17)9-20(18)8-13-7-11(2)19-16-13/h3-7H,8-9H2,1-2H3,(H,15,17)/t20-/m0/s1. The van der Waals surface area contributed by atoms with E-state index in [1.165, 1.54) is 0 Å². The van der Waals surface area contributed by atoms with Crippen LogP contribution in [0.1, 0.15) is 17.0 Å². The van der Waals surface area contributed by atoms with Crippen molar-refractivity contribution in [3.8, 4) is 0 Å². The van der Waals surface area contributed by atoms with Crippen LogP contribution in [0.3, 0.4) is 0 Å². The van der Waals surface area contributed by atoms with Gasteiger partial charge in [-0.15, -0.1) is 0 Å². The maximum absolute atomic E-state index is 11.8. The number of rotatable bonds is 5. The molecule has 0 saturated carbocycles. The first-order valence-electron chi connectivity index (χ1n) is 6.16. The summed E-state index contributed by atoms with van der Waals surface area (Å²) in [7, 11) is -1.30. The Balaban J connectivity index is 1.84. The van der Waals surface area contributed by atoms with E-state index in [0.717, 1.165) is 5.56 Å². The Kier molecular flexibility index (Phi) is 4.68. The molecule has 1 heterocycles. The van der Waals surface area contributed by atoms with E-state index in [-0.39, 0.29) is 17.4 Å². The van der Waals surface area contributed by atoms with Crippen molar-refractivity contribution in [3.05, 3.63) is 47.3 Å². The van der Waals surface area contributed by atoms with Gasteiger partial charge in [0.25, 0.3) is 0 Å².